The van der Waals surface area contributed by atoms with E-state index < -0.39 is 0 Å². The van der Waals surface area contributed by atoms with Crippen LogP contribution in [-0.4, -0.2) is 43.7 Å². The largest absolute Gasteiger partial charge is 0.329 e. The second-order valence-electron chi connectivity index (χ2n) is 4.78. The van der Waals surface area contributed by atoms with Gasteiger partial charge in [0, 0.05) is 25.7 Å². The summed E-state index contributed by atoms with van der Waals surface area (Å²) < 4.78 is 0. The lowest BCUT2D eigenvalue weighted by Gasteiger charge is -2.33. The SMILES string of the molecule is NCCN1CCC[C@@H](NCC2CC2)C1. The maximum absolute atomic E-state index is 5.57. The predicted octanol–water partition coefficient (Wildman–Crippen LogP) is 0.409. The number of nitrogens with one attached hydrogen (secondary N) is 1. The third-order valence-electron chi connectivity index (χ3n) is 3.34. The summed E-state index contributed by atoms with van der Waals surface area (Å²) in [5, 5.41) is 3.69. The van der Waals surface area contributed by atoms with Crippen LogP contribution in [0, 0.1) is 5.92 Å². The molecule has 1 aliphatic heterocycles. The van der Waals surface area contributed by atoms with E-state index >= 15 is 0 Å². The fourth-order valence-electron chi connectivity index (χ4n) is 2.26. The average molecular weight is 197 g/mol. The Morgan fingerprint density at radius 1 is 1.29 bits per heavy atom. The Morgan fingerprint density at radius 2 is 2.14 bits per heavy atom. The zero-order valence-corrected chi connectivity index (χ0v) is 9.04. The van der Waals surface area contributed by atoms with Crippen LogP contribution >= 0.6 is 0 Å². The molecule has 14 heavy (non-hydrogen) atoms. The Bertz CT molecular complexity index is 166. The molecule has 1 atom stereocenters. The van der Waals surface area contributed by atoms with Gasteiger partial charge in [0.05, 0.1) is 0 Å². The number of rotatable bonds is 5. The molecule has 0 unspecified atom stereocenters. The van der Waals surface area contributed by atoms with Crippen molar-refractivity contribution in [2.75, 3.05) is 32.7 Å². The van der Waals surface area contributed by atoms with Crippen molar-refractivity contribution in [2.24, 2.45) is 11.7 Å². The first-order valence-electron chi connectivity index (χ1n) is 6.04. The molecule has 0 spiro atoms. The van der Waals surface area contributed by atoms with Crippen LogP contribution in [-0.2, 0) is 0 Å². The molecule has 1 aliphatic carbocycles. The molecule has 1 saturated carbocycles. The Hall–Kier alpha value is -0.120. The number of nitrogens with zero attached hydrogens (tertiary/aromatic N) is 1. The van der Waals surface area contributed by atoms with Gasteiger partial charge in [-0.1, -0.05) is 0 Å². The van der Waals surface area contributed by atoms with E-state index in [1.807, 2.05) is 0 Å². The maximum Gasteiger partial charge on any atom is 0.0195 e. The molecule has 2 aliphatic rings. The van der Waals surface area contributed by atoms with Crippen molar-refractivity contribution >= 4 is 0 Å². The molecule has 3 heteroatoms. The Kier molecular flexibility index (Phi) is 3.79. The molecule has 0 amide bonds. The number of nitrogens with two attached hydrogens (primary N) is 1. The first-order valence-corrected chi connectivity index (χ1v) is 6.04. The zero-order valence-electron chi connectivity index (χ0n) is 9.04. The van der Waals surface area contributed by atoms with Gasteiger partial charge in [0.2, 0.25) is 0 Å². The minimum atomic E-state index is 0.732. The van der Waals surface area contributed by atoms with Crippen LogP contribution in [0.3, 0.4) is 0 Å². The lowest BCUT2D eigenvalue weighted by atomic mass is 10.1. The molecule has 0 bridgehead atoms. The minimum absolute atomic E-state index is 0.732. The lowest BCUT2D eigenvalue weighted by Crippen LogP contribution is -2.47. The van der Waals surface area contributed by atoms with Gasteiger partial charge in [0.1, 0.15) is 0 Å². The smallest absolute Gasteiger partial charge is 0.0195 e. The van der Waals surface area contributed by atoms with Crippen molar-refractivity contribution in [1.82, 2.24) is 10.2 Å². The molecule has 2 rings (SSSR count). The van der Waals surface area contributed by atoms with Crippen molar-refractivity contribution in [3.05, 3.63) is 0 Å². The van der Waals surface area contributed by atoms with Crippen LogP contribution in [0.15, 0.2) is 0 Å². The molecular formula is C11H23N3. The van der Waals surface area contributed by atoms with Crippen LogP contribution in [0.4, 0.5) is 0 Å². The third kappa shape index (κ3) is 3.23. The van der Waals surface area contributed by atoms with Crippen molar-refractivity contribution in [3.8, 4) is 0 Å². The minimum Gasteiger partial charge on any atom is -0.329 e. The van der Waals surface area contributed by atoms with Gasteiger partial charge < -0.3 is 16.0 Å². The molecule has 3 N–H and O–H groups in total. The van der Waals surface area contributed by atoms with Crippen molar-refractivity contribution in [1.29, 1.82) is 0 Å². The average Bonchev–Trinajstić information content (AvgIpc) is 2.99. The summed E-state index contributed by atoms with van der Waals surface area (Å²) in [7, 11) is 0. The number of piperidine rings is 1. The normalized spacial score (nSPS) is 29.4. The second kappa shape index (κ2) is 5.10. The summed E-state index contributed by atoms with van der Waals surface area (Å²) in [4.78, 5) is 2.49. The van der Waals surface area contributed by atoms with E-state index in [0.29, 0.717) is 0 Å². The molecular weight excluding hydrogens is 174 g/mol. The van der Waals surface area contributed by atoms with E-state index in [1.54, 1.807) is 0 Å². The molecule has 3 nitrogen and oxygen atoms in total. The quantitative estimate of drug-likeness (QED) is 0.671. The summed E-state index contributed by atoms with van der Waals surface area (Å²) >= 11 is 0. The van der Waals surface area contributed by atoms with Gasteiger partial charge in [0.15, 0.2) is 0 Å². The highest BCUT2D eigenvalue weighted by Gasteiger charge is 2.24. The highest BCUT2D eigenvalue weighted by atomic mass is 15.2. The molecule has 1 saturated heterocycles. The summed E-state index contributed by atoms with van der Waals surface area (Å²) in [6, 6.07) is 0.732. The van der Waals surface area contributed by atoms with Crippen LogP contribution in [0.2, 0.25) is 0 Å². The van der Waals surface area contributed by atoms with Crippen molar-refractivity contribution in [3.63, 3.8) is 0 Å². The molecule has 0 aromatic heterocycles. The highest BCUT2D eigenvalue weighted by Crippen LogP contribution is 2.28. The van der Waals surface area contributed by atoms with Crippen molar-refractivity contribution < 1.29 is 0 Å². The first kappa shape index (κ1) is 10.4. The van der Waals surface area contributed by atoms with E-state index in [-0.39, 0.29) is 0 Å². The Morgan fingerprint density at radius 3 is 2.86 bits per heavy atom. The first-order chi connectivity index (χ1) is 6.88. The van der Waals surface area contributed by atoms with Gasteiger partial charge in [-0.05, 0) is 44.7 Å². The monoisotopic (exact) mass is 197 g/mol. The Labute approximate surface area is 87.0 Å². The van der Waals surface area contributed by atoms with E-state index in [2.05, 4.69) is 10.2 Å². The Balaban J connectivity index is 1.64. The molecule has 2 fully saturated rings. The third-order valence-corrected chi connectivity index (χ3v) is 3.34. The standard InChI is InChI=1S/C11H23N3/c12-5-7-14-6-1-2-11(9-14)13-8-10-3-4-10/h10-11,13H,1-9,12H2/t11-/m1/s1. The zero-order chi connectivity index (χ0) is 9.80. The van der Waals surface area contributed by atoms with Crippen LogP contribution in [0.1, 0.15) is 25.7 Å². The second-order valence-corrected chi connectivity index (χ2v) is 4.78. The lowest BCUT2D eigenvalue weighted by molar-refractivity contribution is 0.194. The molecule has 82 valence electrons. The number of hydrogen-bond acceptors (Lipinski definition) is 3. The van der Waals surface area contributed by atoms with E-state index in [0.717, 1.165) is 25.0 Å². The highest BCUT2D eigenvalue weighted by molar-refractivity contribution is 4.82. The van der Waals surface area contributed by atoms with E-state index in [1.165, 1.54) is 45.3 Å². The molecule has 1 heterocycles. The number of likely N-dealkylation sites (tertiary alicyclic amines) is 1. The summed E-state index contributed by atoms with van der Waals surface area (Å²) in [6.45, 7) is 5.58. The van der Waals surface area contributed by atoms with Gasteiger partial charge in [-0.2, -0.15) is 0 Å². The maximum atomic E-state index is 5.57. The predicted molar refractivity (Wildman–Crippen MR) is 59.2 cm³/mol. The summed E-state index contributed by atoms with van der Waals surface area (Å²) in [6.07, 6.45) is 5.59. The fourth-order valence-corrected chi connectivity index (χ4v) is 2.26. The number of hydrogen-bond donors (Lipinski definition) is 2. The fraction of sp³-hybridized carbons (Fsp3) is 1.00. The molecule has 0 aromatic rings. The van der Waals surface area contributed by atoms with Gasteiger partial charge in [0.25, 0.3) is 0 Å². The molecule has 0 radical (unpaired) electrons. The van der Waals surface area contributed by atoms with Gasteiger partial charge in [-0.3, -0.25) is 0 Å². The van der Waals surface area contributed by atoms with Gasteiger partial charge >= 0.3 is 0 Å². The van der Waals surface area contributed by atoms with Gasteiger partial charge in [-0.25, -0.2) is 0 Å². The summed E-state index contributed by atoms with van der Waals surface area (Å²) in [5.74, 6) is 1.000. The van der Waals surface area contributed by atoms with Crippen LogP contribution in [0.5, 0.6) is 0 Å². The van der Waals surface area contributed by atoms with E-state index in [4.69, 9.17) is 5.73 Å². The van der Waals surface area contributed by atoms with Crippen molar-refractivity contribution in [2.45, 2.75) is 31.7 Å². The van der Waals surface area contributed by atoms with Crippen LogP contribution < -0.4 is 11.1 Å². The van der Waals surface area contributed by atoms with Gasteiger partial charge in [-0.15, -0.1) is 0 Å². The summed E-state index contributed by atoms with van der Waals surface area (Å²) in [5.41, 5.74) is 5.57. The molecule has 0 aromatic carbocycles. The van der Waals surface area contributed by atoms with E-state index in [9.17, 15) is 0 Å². The van der Waals surface area contributed by atoms with Crippen LogP contribution in [0.25, 0.3) is 0 Å². The topological polar surface area (TPSA) is 41.3 Å².